The molecular weight excluding hydrogens is 394 g/mol. The van der Waals surface area contributed by atoms with Crippen molar-refractivity contribution in [3.8, 4) is 6.07 Å². The van der Waals surface area contributed by atoms with E-state index in [9.17, 15) is 5.26 Å². The van der Waals surface area contributed by atoms with Gasteiger partial charge in [0, 0.05) is 18.3 Å². The third-order valence-corrected chi connectivity index (χ3v) is 10.4. The van der Waals surface area contributed by atoms with Crippen LogP contribution in [0.3, 0.4) is 0 Å². The van der Waals surface area contributed by atoms with Gasteiger partial charge in [0.25, 0.3) is 0 Å². The fourth-order valence-corrected chi connectivity index (χ4v) is 9.65. The summed E-state index contributed by atoms with van der Waals surface area (Å²) in [7, 11) is -1.83. The van der Waals surface area contributed by atoms with Crippen LogP contribution in [0.15, 0.2) is 11.6 Å². The van der Waals surface area contributed by atoms with E-state index < -0.39 is 19.7 Å². The molecule has 2 aliphatic heterocycles. The minimum absolute atomic E-state index is 0.0780. The van der Waals surface area contributed by atoms with Crippen molar-refractivity contribution in [1.82, 2.24) is 0 Å². The van der Waals surface area contributed by atoms with Crippen molar-refractivity contribution in [3.05, 3.63) is 11.6 Å². The van der Waals surface area contributed by atoms with Crippen molar-refractivity contribution in [3.63, 3.8) is 0 Å². The molecule has 6 rings (SSSR count). The third-order valence-electron chi connectivity index (χ3n) is 9.46. The van der Waals surface area contributed by atoms with E-state index in [-0.39, 0.29) is 16.6 Å². The number of nitrogens with zero attached hydrogens (tertiary/aromatic N) is 1. The number of hydrogen-bond acceptors (Lipinski definition) is 5. The van der Waals surface area contributed by atoms with Gasteiger partial charge in [-0.2, -0.15) is 5.26 Å². The fourth-order valence-electron chi connectivity index (χ4n) is 8.23. The molecule has 0 amide bonds. The zero-order valence-electron chi connectivity index (χ0n) is 18.9. The van der Waals surface area contributed by atoms with E-state index in [1.807, 2.05) is 0 Å². The van der Waals surface area contributed by atoms with Crippen molar-refractivity contribution in [2.75, 3.05) is 13.2 Å². The molecule has 3 saturated carbocycles. The summed E-state index contributed by atoms with van der Waals surface area (Å²) in [6, 6.07) is 2.70. The van der Waals surface area contributed by atoms with Gasteiger partial charge in [-0.1, -0.05) is 13.0 Å². The highest BCUT2D eigenvalue weighted by atomic mass is 28.4. The standard InChI is InChI=1S/C24H35NO4Si/c1-20-8-6-19-17(18(20)7-10-22(20,16-25)29-30(2,3)4)5-9-21-15-23(26-13-14-27-23)11-12-24(19,21)28-21/h6,17-18H,5,7-15H2,1-4H3/t17?,18?,20-,21+,22?,24+/m0/s1. The first kappa shape index (κ1) is 19.9. The SMILES string of the molecule is C[C@]12CC=C3C(CC[C@@]45CC6(CC[C@@]34O5)OCCO6)C1CCC2(C#N)O[Si](C)(C)C. The third kappa shape index (κ3) is 2.31. The highest BCUT2D eigenvalue weighted by Gasteiger charge is 2.79. The Bertz CT molecular complexity index is 854. The monoisotopic (exact) mass is 429 g/mol. The van der Waals surface area contributed by atoms with Gasteiger partial charge in [0.15, 0.2) is 14.1 Å². The first-order valence-corrected chi connectivity index (χ1v) is 15.3. The van der Waals surface area contributed by atoms with E-state index in [1.165, 1.54) is 0 Å². The first-order chi connectivity index (χ1) is 14.1. The van der Waals surface area contributed by atoms with Crippen LogP contribution >= 0.6 is 0 Å². The Morgan fingerprint density at radius 1 is 1.10 bits per heavy atom. The number of hydrogen-bond donors (Lipinski definition) is 0. The molecule has 5 nitrogen and oxygen atoms in total. The summed E-state index contributed by atoms with van der Waals surface area (Å²) in [5, 5.41) is 10.3. The highest BCUT2D eigenvalue weighted by molar-refractivity contribution is 6.69. The van der Waals surface area contributed by atoms with Crippen LogP contribution in [0.4, 0.5) is 0 Å². The van der Waals surface area contributed by atoms with Crippen molar-refractivity contribution in [1.29, 1.82) is 5.26 Å². The molecular formula is C24H35NO4Si. The summed E-state index contributed by atoms with van der Waals surface area (Å²) in [4.78, 5) is 0. The van der Waals surface area contributed by atoms with Gasteiger partial charge in [0.1, 0.15) is 16.8 Å². The molecule has 0 N–H and O–H groups in total. The molecule has 5 fully saturated rings. The molecule has 6 aliphatic rings. The van der Waals surface area contributed by atoms with E-state index in [4.69, 9.17) is 18.6 Å². The van der Waals surface area contributed by atoms with Crippen LogP contribution in [0.1, 0.15) is 58.3 Å². The topological polar surface area (TPSA) is 64.0 Å². The molecule has 30 heavy (non-hydrogen) atoms. The van der Waals surface area contributed by atoms with Crippen LogP contribution in [-0.2, 0) is 18.6 Å². The second kappa shape index (κ2) is 5.79. The van der Waals surface area contributed by atoms with Crippen molar-refractivity contribution in [2.45, 2.75) is 101 Å². The maximum Gasteiger partial charge on any atom is 0.185 e. The lowest BCUT2D eigenvalue weighted by Gasteiger charge is -2.52. The molecule has 2 heterocycles. The van der Waals surface area contributed by atoms with Crippen LogP contribution in [0.5, 0.6) is 0 Å². The van der Waals surface area contributed by atoms with Gasteiger partial charge in [-0.3, -0.25) is 0 Å². The Kier molecular flexibility index (Phi) is 3.85. The fraction of sp³-hybridized carbons (Fsp3) is 0.875. The lowest BCUT2D eigenvalue weighted by atomic mass is 9.53. The van der Waals surface area contributed by atoms with Gasteiger partial charge in [-0.15, -0.1) is 0 Å². The van der Waals surface area contributed by atoms with Crippen LogP contribution < -0.4 is 0 Å². The molecule has 0 aromatic rings. The van der Waals surface area contributed by atoms with Gasteiger partial charge >= 0.3 is 0 Å². The summed E-state index contributed by atoms with van der Waals surface area (Å²) < 4.78 is 25.5. The van der Waals surface area contributed by atoms with Crippen molar-refractivity contribution >= 4 is 8.32 Å². The quantitative estimate of drug-likeness (QED) is 0.362. The van der Waals surface area contributed by atoms with Crippen LogP contribution in [-0.4, -0.2) is 44.1 Å². The Morgan fingerprint density at radius 2 is 1.87 bits per heavy atom. The molecule has 0 aromatic heterocycles. The molecule has 6 heteroatoms. The van der Waals surface area contributed by atoms with E-state index in [0.717, 1.165) is 51.4 Å². The van der Waals surface area contributed by atoms with Crippen LogP contribution in [0.2, 0.25) is 19.6 Å². The minimum atomic E-state index is -1.83. The largest absolute Gasteiger partial charge is 0.399 e. The predicted molar refractivity (Wildman–Crippen MR) is 114 cm³/mol. The molecule has 2 saturated heterocycles. The zero-order valence-corrected chi connectivity index (χ0v) is 19.9. The molecule has 0 bridgehead atoms. The summed E-state index contributed by atoms with van der Waals surface area (Å²) >= 11 is 0. The smallest absolute Gasteiger partial charge is 0.185 e. The van der Waals surface area contributed by atoms with Crippen molar-refractivity contribution < 1.29 is 18.6 Å². The van der Waals surface area contributed by atoms with Gasteiger partial charge in [0.2, 0.25) is 0 Å². The second-order valence-corrected chi connectivity index (χ2v) is 16.4. The maximum atomic E-state index is 10.3. The highest BCUT2D eigenvalue weighted by Crippen LogP contribution is 2.74. The zero-order chi connectivity index (χ0) is 21.0. The first-order valence-electron chi connectivity index (χ1n) is 11.9. The van der Waals surface area contributed by atoms with Crippen molar-refractivity contribution in [2.24, 2.45) is 17.3 Å². The second-order valence-electron chi connectivity index (χ2n) is 11.9. The van der Waals surface area contributed by atoms with Crippen LogP contribution in [0.25, 0.3) is 0 Å². The van der Waals surface area contributed by atoms with E-state index in [2.05, 4.69) is 38.7 Å². The Labute approximate surface area is 181 Å². The molecule has 1 spiro atoms. The number of rotatable bonds is 2. The average molecular weight is 430 g/mol. The molecule has 0 radical (unpaired) electrons. The van der Waals surface area contributed by atoms with Gasteiger partial charge < -0.3 is 18.6 Å². The normalized spacial score (nSPS) is 50.7. The number of ether oxygens (including phenoxy) is 3. The lowest BCUT2D eigenvalue weighted by molar-refractivity contribution is -0.185. The van der Waals surface area contributed by atoms with Gasteiger partial charge in [-0.05, 0) is 75.6 Å². The molecule has 4 aliphatic carbocycles. The summed E-state index contributed by atoms with van der Waals surface area (Å²) in [6.07, 6.45) is 10.4. The lowest BCUT2D eigenvalue weighted by Crippen LogP contribution is -2.56. The number of epoxide rings is 1. The van der Waals surface area contributed by atoms with Crippen LogP contribution in [0, 0.1) is 28.6 Å². The predicted octanol–water partition coefficient (Wildman–Crippen LogP) is 4.69. The summed E-state index contributed by atoms with van der Waals surface area (Å²) in [6.45, 7) is 10.4. The summed E-state index contributed by atoms with van der Waals surface area (Å²) in [5.74, 6) is 0.643. The number of allylic oxidation sites excluding steroid dienone is 1. The minimum Gasteiger partial charge on any atom is -0.399 e. The maximum absolute atomic E-state index is 10.3. The van der Waals surface area contributed by atoms with Gasteiger partial charge in [0.05, 0.1) is 19.3 Å². The average Bonchev–Trinajstić information content (AvgIpc) is 3.01. The summed E-state index contributed by atoms with van der Waals surface area (Å²) in [5.41, 5.74) is 0.643. The number of fused-ring (bicyclic) bond motifs is 3. The molecule has 6 atom stereocenters. The van der Waals surface area contributed by atoms with E-state index in [0.29, 0.717) is 25.0 Å². The Balaban J connectivity index is 1.33. The molecule has 0 aromatic carbocycles. The Morgan fingerprint density at radius 3 is 2.57 bits per heavy atom. The molecule has 3 unspecified atom stereocenters. The Hall–Kier alpha value is -0.713. The molecule has 164 valence electrons. The van der Waals surface area contributed by atoms with Gasteiger partial charge in [-0.25, -0.2) is 0 Å². The van der Waals surface area contributed by atoms with E-state index in [1.54, 1.807) is 5.57 Å². The number of nitriles is 1. The van der Waals surface area contributed by atoms with E-state index >= 15 is 0 Å².